The highest BCUT2D eigenvalue weighted by Gasteiger charge is 2.24. The fourth-order valence-electron chi connectivity index (χ4n) is 5.92. The van der Waals surface area contributed by atoms with Gasteiger partial charge in [-0.1, -0.05) is 104 Å². The van der Waals surface area contributed by atoms with Crippen molar-refractivity contribution in [2.24, 2.45) is 23.7 Å². The molecule has 3 rings (SSSR count). The van der Waals surface area contributed by atoms with E-state index in [-0.39, 0.29) is 0 Å². The zero-order valence-electron chi connectivity index (χ0n) is 20.6. The molecule has 2 nitrogen and oxygen atoms in total. The number of ether oxygens (including phenoxy) is 1. The SMILES string of the molecule is CCCCCCOc1ccc(CC[C@H]2CC[C@H](CC[C@H]3CC[C@H](CC)CC3)CC2)nc1. The molecule has 0 spiro atoms. The van der Waals surface area contributed by atoms with Crippen LogP contribution >= 0.6 is 0 Å². The van der Waals surface area contributed by atoms with Crippen LogP contribution in [0.5, 0.6) is 5.75 Å². The summed E-state index contributed by atoms with van der Waals surface area (Å²) in [5, 5.41) is 0. The summed E-state index contributed by atoms with van der Waals surface area (Å²) in [6.45, 7) is 5.44. The highest BCUT2D eigenvalue weighted by Crippen LogP contribution is 2.38. The van der Waals surface area contributed by atoms with Crippen molar-refractivity contribution < 1.29 is 4.74 Å². The summed E-state index contributed by atoms with van der Waals surface area (Å²) in [5.74, 6) is 4.97. The van der Waals surface area contributed by atoms with Gasteiger partial charge in [-0.15, -0.1) is 0 Å². The van der Waals surface area contributed by atoms with E-state index in [4.69, 9.17) is 4.74 Å². The van der Waals surface area contributed by atoms with Gasteiger partial charge < -0.3 is 4.74 Å². The van der Waals surface area contributed by atoms with Crippen LogP contribution in [-0.2, 0) is 6.42 Å². The van der Waals surface area contributed by atoms with Crippen molar-refractivity contribution >= 4 is 0 Å². The first-order valence-corrected chi connectivity index (χ1v) is 13.8. The molecule has 2 aliphatic carbocycles. The molecule has 0 aromatic carbocycles. The van der Waals surface area contributed by atoms with Crippen molar-refractivity contribution in [2.45, 2.75) is 123 Å². The highest BCUT2D eigenvalue weighted by atomic mass is 16.5. The van der Waals surface area contributed by atoms with Crippen LogP contribution in [0.4, 0.5) is 0 Å². The van der Waals surface area contributed by atoms with Crippen LogP contribution in [0.2, 0.25) is 0 Å². The van der Waals surface area contributed by atoms with Crippen molar-refractivity contribution in [2.75, 3.05) is 6.61 Å². The molecule has 0 amide bonds. The second kappa shape index (κ2) is 14.2. The Morgan fingerprint density at radius 3 is 1.90 bits per heavy atom. The summed E-state index contributed by atoms with van der Waals surface area (Å²) in [4.78, 5) is 4.66. The summed E-state index contributed by atoms with van der Waals surface area (Å²) < 4.78 is 5.83. The van der Waals surface area contributed by atoms with Gasteiger partial charge in [-0.05, 0) is 55.1 Å². The fraction of sp³-hybridized carbons (Fsp3) is 0.828. The van der Waals surface area contributed by atoms with Crippen molar-refractivity contribution in [3.05, 3.63) is 24.0 Å². The van der Waals surface area contributed by atoms with E-state index < -0.39 is 0 Å². The zero-order chi connectivity index (χ0) is 21.7. The lowest BCUT2D eigenvalue weighted by atomic mass is 9.74. The fourth-order valence-corrected chi connectivity index (χ4v) is 5.92. The Labute approximate surface area is 193 Å². The van der Waals surface area contributed by atoms with Gasteiger partial charge in [0.2, 0.25) is 0 Å². The molecule has 2 saturated carbocycles. The molecular formula is C29H49NO. The number of aromatic nitrogens is 1. The molecule has 0 unspecified atom stereocenters. The van der Waals surface area contributed by atoms with Crippen LogP contribution in [0.3, 0.4) is 0 Å². The molecule has 0 atom stereocenters. The minimum Gasteiger partial charge on any atom is -0.492 e. The Balaban J connectivity index is 1.25. The second-order valence-corrected chi connectivity index (χ2v) is 10.7. The second-order valence-electron chi connectivity index (χ2n) is 10.7. The molecule has 0 bridgehead atoms. The standard InChI is InChI=1S/C29H49NO/c1-3-5-6-7-22-31-29-21-20-28(30-23-29)19-18-27-16-14-26(15-17-27)13-12-25-10-8-24(4-2)9-11-25/h20-21,23-27H,3-19,22H2,1-2H3/t24-,25-,26-,27-. The number of unbranched alkanes of at least 4 members (excludes halogenated alkanes) is 3. The van der Waals surface area contributed by atoms with Crippen molar-refractivity contribution in [3.63, 3.8) is 0 Å². The zero-order valence-corrected chi connectivity index (χ0v) is 20.6. The third-order valence-electron chi connectivity index (χ3n) is 8.37. The van der Waals surface area contributed by atoms with Crippen LogP contribution in [0.15, 0.2) is 18.3 Å². The first kappa shape index (κ1) is 24.6. The maximum Gasteiger partial charge on any atom is 0.137 e. The minimum absolute atomic E-state index is 0.824. The number of rotatable bonds is 13. The third kappa shape index (κ3) is 9.15. The largest absolute Gasteiger partial charge is 0.492 e. The van der Waals surface area contributed by atoms with E-state index >= 15 is 0 Å². The molecule has 176 valence electrons. The number of hydrogen-bond acceptors (Lipinski definition) is 2. The van der Waals surface area contributed by atoms with Gasteiger partial charge in [0.05, 0.1) is 12.8 Å². The average Bonchev–Trinajstić information content (AvgIpc) is 2.83. The molecule has 2 aliphatic rings. The number of aryl methyl sites for hydroxylation is 1. The van der Waals surface area contributed by atoms with Gasteiger partial charge in [-0.3, -0.25) is 4.98 Å². The lowest BCUT2D eigenvalue weighted by molar-refractivity contribution is 0.211. The Kier molecular flexibility index (Phi) is 11.2. The van der Waals surface area contributed by atoms with E-state index in [0.29, 0.717) is 0 Å². The minimum atomic E-state index is 0.824. The molecule has 1 aromatic heterocycles. The Bertz CT molecular complexity index is 567. The van der Waals surface area contributed by atoms with Crippen molar-refractivity contribution in [3.8, 4) is 5.75 Å². The van der Waals surface area contributed by atoms with Crippen LogP contribution in [0.1, 0.15) is 122 Å². The van der Waals surface area contributed by atoms with Gasteiger partial charge in [0.1, 0.15) is 5.75 Å². The summed E-state index contributed by atoms with van der Waals surface area (Å²) in [7, 11) is 0. The summed E-state index contributed by atoms with van der Waals surface area (Å²) in [6.07, 6.45) is 25.7. The lowest BCUT2D eigenvalue weighted by Crippen LogP contribution is -2.18. The van der Waals surface area contributed by atoms with Crippen LogP contribution in [-0.4, -0.2) is 11.6 Å². The molecule has 1 aromatic rings. The molecule has 0 N–H and O–H groups in total. The Morgan fingerprint density at radius 1 is 0.742 bits per heavy atom. The lowest BCUT2D eigenvalue weighted by Gasteiger charge is -2.31. The van der Waals surface area contributed by atoms with Gasteiger partial charge in [0, 0.05) is 5.69 Å². The Hall–Kier alpha value is -1.05. The number of nitrogens with zero attached hydrogens (tertiary/aromatic N) is 1. The summed E-state index contributed by atoms with van der Waals surface area (Å²) in [6, 6.07) is 4.30. The third-order valence-corrected chi connectivity index (χ3v) is 8.37. The molecule has 31 heavy (non-hydrogen) atoms. The monoisotopic (exact) mass is 427 g/mol. The average molecular weight is 428 g/mol. The number of pyridine rings is 1. The van der Waals surface area contributed by atoms with Gasteiger partial charge in [-0.2, -0.15) is 0 Å². The molecular weight excluding hydrogens is 378 g/mol. The normalized spacial score (nSPS) is 26.6. The van der Waals surface area contributed by atoms with Crippen molar-refractivity contribution in [1.29, 1.82) is 0 Å². The molecule has 1 heterocycles. The smallest absolute Gasteiger partial charge is 0.137 e. The first-order valence-electron chi connectivity index (χ1n) is 13.8. The quantitative estimate of drug-likeness (QED) is 0.293. The molecule has 0 aliphatic heterocycles. The maximum absolute atomic E-state index is 5.83. The molecule has 0 saturated heterocycles. The first-order chi connectivity index (χ1) is 15.3. The van der Waals surface area contributed by atoms with Gasteiger partial charge in [0.15, 0.2) is 0 Å². The number of hydrogen-bond donors (Lipinski definition) is 0. The Morgan fingerprint density at radius 2 is 1.35 bits per heavy atom. The van der Waals surface area contributed by atoms with E-state index in [1.165, 1.54) is 102 Å². The maximum atomic E-state index is 5.83. The van der Waals surface area contributed by atoms with Gasteiger partial charge in [-0.25, -0.2) is 0 Å². The topological polar surface area (TPSA) is 22.1 Å². The highest BCUT2D eigenvalue weighted by molar-refractivity contribution is 5.19. The molecule has 2 heteroatoms. The van der Waals surface area contributed by atoms with Crippen LogP contribution in [0, 0.1) is 23.7 Å². The van der Waals surface area contributed by atoms with E-state index in [0.717, 1.165) is 48.9 Å². The predicted octanol–water partition coefficient (Wildman–Crippen LogP) is 8.78. The van der Waals surface area contributed by atoms with E-state index in [1.54, 1.807) is 0 Å². The molecule has 2 fully saturated rings. The van der Waals surface area contributed by atoms with Crippen LogP contribution in [0.25, 0.3) is 0 Å². The van der Waals surface area contributed by atoms with E-state index in [9.17, 15) is 0 Å². The van der Waals surface area contributed by atoms with Gasteiger partial charge >= 0.3 is 0 Å². The van der Waals surface area contributed by atoms with E-state index in [2.05, 4.69) is 31.0 Å². The van der Waals surface area contributed by atoms with Crippen LogP contribution < -0.4 is 4.74 Å². The predicted molar refractivity (Wildman–Crippen MR) is 133 cm³/mol. The summed E-state index contributed by atoms with van der Waals surface area (Å²) >= 11 is 0. The van der Waals surface area contributed by atoms with Crippen molar-refractivity contribution in [1.82, 2.24) is 4.98 Å². The summed E-state index contributed by atoms with van der Waals surface area (Å²) in [5.41, 5.74) is 1.24. The van der Waals surface area contributed by atoms with E-state index in [1.807, 2.05) is 6.20 Å². The van der Waals surface area contributed by atoms with Gasteiger partial charge in [0.25, 0.3) is 0 Å². The molecule has 0 radical (unpaired) electrons.